The number of hydrogen-bond donors (Lipinski definition) is 12. The van der Waals surface area contributed by atoms with Crippen LogP contribution < -0.4 is 38.2 Å². The Morgan fingerprint density at radius 2 is 1.47 bits per heavy atom. The highest BCUT2D eigenvalue weighted by Gasteiger charge is 2.54. The fraction of sp³-hybridized carbons (Fsp3) is 0.605. The van der Waals surface area contributed by atoms with Crippen molar-refractivity contribution in [3.05, 3.63) is 62.4 Å². The van der Waals surface area contributed by atoms with Crippen LogP contribution in [0.2, 0.25) is 0 Å². The Hall–Kier alpha value is -5.31. The second-order valence-electron chi connectivity index (χ2n) is 18.1. The molecule has 0 bridgehead atoms. The topological polar surface area (TPSA) is 546 Å². The van der Waals surface area contributed by atoms with E-state index in [4.69, 9.17) is 53.2 Å². The molecule has 3 fully saturated rings. The minimum Gasteiger partial charge on any atom is -0.449 e. The third-order valence-corrected chi connectivity index (χ3v) is 17.8. The molecule has 0 aromatic carbocycles. The molecule has 0 saturated carbocycles. The molecule has 1 amide bonds. The number of phosphoric ester groups is 3. The van der Waals surface area contributed by atoms with Gasteiger partial charge in [0, 0.05) is 25.9 Å². The molecule has 8 rings (SSSR count). The fourth-order valence-electron chi connectivity index (χ4n) is 8.87. The van der Waals surface area contributed by atoms with E-state index in [1.165, 1.54) is 27.1 Å². The molecule has 81 heavy (non-hydrogen) atoms. The summed E-state index contributed by atoms with van der Waals surface area (Å²) in [5, 5.41) is 35.4. The maximum atomic E-state index is 13.6. The summed E-state index contributed by atoms with van der Waals surface area (Å²) in [6, 6.07) is 0.920. The number of aliphatic hydroxyl groups excluding tert-OH is 3. The van der Waals surface area contributed by atoms with Crippen LogP contribution in [0, 0.1) is 5.92 Å². The number of nitrogens with two attached hydrogens (primary N) is 2. The quantitative estimate of drug-likeness (QED) is 0.0161. The van der Waals surface area contributed by atoms with Crippen LogP contribution in [-0.2, 0) is 75.7 Å². The summed E-state index contributed by atoms with van der Waals surface area (Å²) >= 11 is 0. The number of carbonyl (C=O) groups excluding carboxylic acids is 1. The molecule has 0 aliphatic carbocycles. The molecule has 5 aromatic rings. The predicted molar refractivity (Wildman–Crippen MR) is 264 cm³/mol. The Labute approximate surface area is 453 Å². The molecule has 3 aliphatic rings. The minimum atomic E-state index is -6.26. The van der Waals surface area contributed by atoms with E-state index in [-0.39, 0.29) is 40.6 Å². The number of aromatic nitrogens is 10. The summed E-state index contributed by atoms with van der Waals surface area (Å²) in [7, 11) is -21.1. The standard InChI is InChI=1S/C38H55N13O26P4/c1-4-5-6-8-41-38(58)68-10-17-18(72-33(24(17)53)51-16-48(2)23-31(51)46-36(40)47-32(23)56)11-70-79(61,62)76-81(65,66)77-80(63,64)71-13-20-27(28(67-3)35(74-20)50-15-44-22-29(39)42-14-43-30(22)50)75-78(59,60)69-12-19-25(54)26(55)34(73-19)49-9-7-21(52)45-37(49)57/h7,9,14-20,24-28,33-35,53-55H,4-6,8,10-13H2,1-3H3,(H10-,39,40,41,42,43,45,46,47,52,56,57,58,59,60,61,62,63,64,65,66)/p+1/t17-,18-,19-,20?,24-,25-,26-,27-,28-,33-,34-,35-/m1/s1. The number of fused-ring (bicyclic) bond motifs is 2. The molecule has 39 nitrogen and oxygen atoms in total. The lowest BCUT2D eigenvalue weighted by atomic mass is 9.99. The molecule has 0 radical (unpaired) electrons. The van der Waals surface area contributed by atoms with Crippen molar-refractivity contribution in [3.8, 4) is 0 Å². The lowest BCUT2D eigenvalue weighted by molar-refractivity contribution is -0.745. The van der Waals surface area contributed by atoms with Crippen molar-refractivity contribution in [2.24, 2.45) is 13.0 Å². The summed E-state index contributed by atoms with van der Waals surface area (Å²) < 4.78 is 115. The van der Waals surface area contributed by atoms with Crippen LogP contribution in [0.25, 0.3) is 22.3 Å². The Bertz CT molecular complexity index is 3470. The normalized spacial score (nSPS) is 28.9. The summed E-state index contributed by atoms with van der Waals surface area (Å²) in [6.07, 6.45) is -12.7. The van der Waals surface area contributed by atoms with E-state index in [0.29, 0.717) is 6.42 Å². The monoisotopic (exact) mass is 1230 g/mol. The Balaban J connectivity index is 0.945. The third kappa shape index (κ3) is 14.2. The maximum absolute atomic E-state index is 13.6. The lowest BCUT2D eigenvalue weighted by Crippen LogP contribution is -2.46. The lowest BCUT2D eigenvalue weighted by Gasteiger charge is -2.26. The number of amides is 1. The number of hydrogen-bond acceptors (Lipinski definition) is 28. The van der Waals surface area contributed by atoms with Gasteiger partial charge in [0.1, 0.15) is 61.2 Å². The summed E-state index contributed by atoms with van der Waals surface area (Å²) in [4.78, 5) is 113. The first-order valence-corrected chi connectivity index (χ1v) is 29.9. The van der Waals surface area contributed by atoms with Gasteiger partial charge in [-0.25, -0.2) is 47.4 Å². The number of H-pyrrole nitrogens is 2. The molecular weight excluding hydrogens is 1180 g/mol. The molecule has 43 heteroatoms. The number of carbonyl (C=O) groups is 1. The number of methoxy groups -OCH3 is 1. The second-order valence-corrected chi connectivity index (χ2v) is 24.2. The number of phosphoric acid groups is 4. The van der Waals surface area contributed by atoms with Gasteiger partial charge in [0.2, 0.25) is 11.7 Å². The van der Waals surface area contributed by atoms with Gasteiger partial charge in [0.15, 0.2) is 30.2 Å². The van der Waals surface area contributed by atoms with E-state index in [1.54, 1.807) is 0 Å². The molecular formula is C38H56N13O26P4+. The van der Waals surface area contributed by atoms with Gasteiger partial charge in [-0.2, -0.15) is 8.62 Å². The number of nitrogens with zero attached hydrogens (tertiary/aromatic N) is 8. The number of nitrogens with one attached hydrogen (secondary N) is 3. The Morgan fingerprint density at radius 1 is 0.802 bits per heavy atom. The van der Waals surface area contributed by atoms with Crippen LogP contribution in [0.1, 0.15) is 44.9 Å². The molecule has 3 aliphatic heterocycles. The highest BCUT2D eigenvalue weighted by molar-refractivity contribution is 7.66. The maximum Gasteiger partial charge on any atom is 0.490 e. The van der Waals surface area contributed by atoms with Gasteiger partial charge in [-0.05, 0) is 6.42 Å². The second kappa shape index (κ2) is 24.9. The number of anilines is 2. The summed E-state index contributed by atoms with van der Waals surface area (Å²) in [5.41, 5.74) is 9.14. The van der Waals surface area contributed by atoms with Crippen molar-refractivity contribution in [2.45, 2.75) is 93.7 Å². The van der Waals surface area contributed by atoms with E-state index in [9.17, 15) is 72.3 Å². The van der Waals surface area contributed by atoms with E-state index in [0.717, 1.165) is 49.4 Å². The molecule has 5 aromatic heterocycles. The number of aryl methyl sites for hydroxylation is 1. The van der Waals surface area contributed by atoms with Crippen molar-refractivity contribution in [1.82, 2.24) is 48.9 Å². The average molecular weight is 1230 g/mol. The SMILES string of the molecule is CCCCCNC(=O)OC[C@H]1[C@@H](O)[C@H]([n+]2cn(C)c3c(=O)[nH]c(N)nc32)O[C@@H]1COP(=O)(O)OP(=O)(O)OP(=O)(O)OCC1O[C@@H](n2cnc3c(N)ncnc32)[C@H](OC)[C@@H]1OP(=O)(O)OC[C@H]1O[C@@H](n2ccc(=O)[nH]c2=O)[C@H](O)[C@@H]1O. The van der Waals surface area contributed by atoms with Gasteiger partial charge in [-0.15, -0.1) is 0 Å². The molecule has 0 spiro atoms. The first kappa shape index (κ1) is 61.8. The van der Waals surface area contributed by atoms with Gasteiger partial charge >= 0.3 is 48.7 Å². The zero-order chi connectivity index (χ0) is 58.9. The van der Waals surface area contributed by atoms with Crippen molar-refractivity contribution in [2.75, 3.05) is 51.5 Å². The highest BCUT2D eigenvalue weighted by Crippen LogP contribution is 2.68. The average Bonchev–Trinajstić information content (AvgIpc) is 4.12. The molecule has 14 N–H and O–H groups in total. The molecule has 3 saturated heterocycles. The van der Waals surface area contributed by atoms with E-state index in [2.05, 4.69) is 38.9 Å². The number of aliphatic hydroxyl groups is 3. The number of nitrogen functional groups attached to an aromatic ring is 2. The van der Waals surface area contributed by atoms with Gasteiger partial charge in [0.25, 0.3) is 17.1 Å². The minimum absolute atomic E-state index is 0.00473. The summed E-state index contributed by atoms with van der Waals surface area (Å²) in [5.74, 6) is -1.72. The van der Waals surface area contributed by atoms with Gasteiger partial charge < -0.3 is 75.4 Å². The first-order chi connectivity index (χ1) is 38.1. The van der Waals surface area contributed by atoms with Crippen molar-refractivity contribution in [3.63, 3.8) is 0 Å². The van der Waals surface area contributed by atoms with E-state index < -0.39 is 154 Å². The number of ether oxygens (including phenoxy) is 5. The summed E-state index contributed by atoms with van der Waals surface area (Å²) in [6.45, 7) is -1.84. The number of unbranched alkanes of at least 4 members (excludes halogenated alkanes) is 2. The fourth-order valence-corrected chi connectivity index (χ4v) is 13.4. The van der Waals surface area contributed by atoms with Crippen molar-refractivity contribution >= 4 is 71.5 Å². The third-order valence-electron chi connectivity index (χ3n) is 12.6. The van der Waals surface area contributed by atoms with E-state index >= 15 is 0 Å². The van der Waals surface area contributed by atoms with Crippen molar-refractivity contribution < 1.29 is 113 Å². The molecule has 448 valence electrons. The van der Waals surface area contributed by atoms with Gasteiger partial charge in [-0.3, -0.25) is 51.4 Å². The zero-order valence-electron chi connectivity index (χ0n) is 42.4. The van der Waals surface area contributed by atoms with Crippen LogP contribution in [0.3, 0.4) is 0 Å². The van der Waals surface area contributed by atoms with Crippen LogP contribution in [0.4, 0.5) is 16.6 Å². The largest absolute Gasteiger partial charge is 0.490 e. The highest BCUT2D eigenvalue weighted by atomic mass is 31.3. The van der Waals surface area contributed by atoms with Crippen LogP contribution in [-0.4, -0.2) is 174 Å². The zero-order valence-corrected chi connectivity index (χ0v) is 46.0. The Kier molecular flexibility index (Phi) is 19.0. The number of aromatic amines is 2. The number of rotatable bonds is 25. The molecule has 16 atom stereocenters. The Morgan fingerprint density at radius 3 is 2.15 bits per heavy atom. The van der Waals surface area contributed by atoms with Gasteiger partial charge in [0.05, 0.1) is 45.2 Å². The molecule has 8 heterocycles. The number of alkyl carbamates (subject to hydrolysis) is 1. The molecule has 5 unspecified atom stereocenters. The first-order valence-electron chi connectivity index (χ1n) is 23.9. The van der Waals surface area contributed by atoms with E-state index in [1.807, 2.05) is 11.9 Å². The van der Waals surface area contributed by atoms with Crippen LogP contribution in [0.5, 0.6) is 0 Å². The van der Waals surface area contributed by atoms with Crippen LogP contribution in [0.15, 0.2) is 45.6 Å². The predicted octanol–water partition coefficient (Wildman–Crippen LogP) is -2.70. The van der Waals surface area contributed by atoms with Gasteiger partial charge in [-0.1, -0.05) is 24.7 Å². The smallest absolute Gasteiger partial charge is 0.449 e. The van der Waals surface area contributed by atoms with Crippen molar-refractivity contribution in [1.29, 1.82) is 0 Å². The van der Waals surface area contributed by atoms with Crippen LogP contribution >= 0.6 is 31.3 Å². The number of imidazole rings is 2.